The zero-order chi connectivity index (χ0) is 22.6. The molecule has 14 heteroatoms. The van der Waals surface area contributed by atoms with Crippen molar-refractivity contribution in [2.45, 2.75) is 26.4 Å². The summed E-state index contributed by atoms with van der Waals surface area (Å²) in [4.78, 5) is 4.18. The van der Waals surface area contributed by atoms with Crippen LogP contribution in [0.4, 0.5) is 15.9 Å². The van der Waals surface area contributed by atoms with Gasteiger partial charge < -0.3 is 5.32 Å². The van der Waals surface area contributed by atoms with E-state index in [9.17, 15) is 18.0 Å². The summed E-state index contributed by atoms with van der Waals surface area (Å²) in [5.74, 6) is -0.0783. The van der Waals surface area contributed by atoms with Crippen molar-refractivity contribution in [2.24, 2.45) is 10.9 Å². The van der Waals surface area contributed by atoms with E-state index in [0.29, 0.717) is 31.7 Å². The molecule has 31 heavy (non-hydrogen) atoms. The molecule has 1 aliphatic heterocycles. The van der Waals surface area contributed by atoms with Crippen LogP contribution < -0.4 is 10.8 Å². The monoisotopic (exact) mass is 520 g/mol. The third-order valence-corrected chi connectivity index (χ3v) is 6.53. The van der Waals surface area contributed by atoms with Crippen LogP contribution in [0, 0.1) is 11.7 Å². The predicted octanol–water partition coefficient (Wildman–Crippen LogP) is 2.43. The number of hydrogen-bond donors (Lipinski definition) is 3. The van der Waals surface area contributed by atoms with Crippen molar-refractivity contribution in [1.82, 2.24) is 20.1 Å². The lowest BCUT2D eigenvalue weighted by Crippen LogP contribution is -2.51. The van der Waals surface area contributed by atoms with Crippen LogP contribution in [0.2, 0.25) is 0 Å². The Morgan fingerprint density at radius 1 is 1.45 bits per heavy atom. The quantitative estimate of drug-likeness (QED) is 0.258. The maximum absolute atomic E-state index is 13.4. The number of aliphatic imine (C=N–C) groups is 1. The number of aromatic nitrogens is 2. The number of hydrogen-bond acceptors (Lipinski definition) is 9. The topological polar surface area (TPSA) is 142 Å². The van der Waals surface area contributed by atoms with Gasteiger partial charge in [-0.3, -0.25) is 14.9 Å². The highest BCUT2D eigenvalue weighted by molar-refractivity contribution is 9.10. The first-order valence-corrected chi connectivity index (χ1v) is 11.5. The second kappa shape index (κ2) is 9.99. The second-order valence-electron chi connectivity index (χ2n) is 7.13. The number of benzene rings is 1. The minimum Gasteiger partial charge on any atom is -0.365 e. The Morgan fingerprint density at radius 3 is 2.84 bits per heavy atom. The summed E-state index contributed by atoms with van der Waals surface area (Å²) in [6, 6.07) is 4.09. The molecule has 0 bridgehead atoms. The molecule has 170 valence electrons. The minimum absolute atomic E-state index is 0.0472. The molecular weight excluding hydrogens is 499 g/mol. The van der Waals surface area contributed by atoms with E-state index in [1.807, 2.05) is 5.48 Å². The Bertz CT molecular complexity index is 1040. The fraction of sp³-hybridized carbons (Fsp3) is 0.471. The summed E-state index contributed by atoms with van der Waals surface area (Å²) in [6.07, 6.45) is 0.264. The molecule has 1 aliphatic rings. The lowest BCUT2D eigenvalue weighted by Gasteiger charge is -2.37. The zero-order valence-corrected chi connectivity index (χ0v) is 19.2. The number of halogens is 2. The fourth-order valence-electron chi connectivity index (χ4n) is 2.86. The van der Waals surface area contributed by atoms with E-state index in [0.717, 1.165) is 0 Å². The van der Waals surface area contributed by atoms with Gasteiger partial charge in [0.15, 0.2) is 11.5 Å². The first-order valence-electron chi connectivity index (χ1n) is 9.38. The highest BCUT2D eigenvalue weighted by atomic mass is 79.9. The number of nitrogens with one attached hydrogen (secondary N) is 2. The van der Waals surface area contributed by atoms with Gasteiger partial charge >= 0.3 is 10.3 Å². The molecule has 0 radical (unpaired) electrons. The van der Waals surface area contributed by atoms with Crippen LogP contribution in [0.3, 0.4) is 0 Å². The molecule has 0 atom stereocenters. The lowest BCUT2D eigenvalue weighted by atomic mass is 9.99. The summed E-state index contributed by atoms with van der Waals surface area (Å²) in [5, 5.41) is 20.0. The Labute approximate surface area is 187 Å². The number of hydroxylamine groups is 1. The highest BCUT2D eigenvalue weighted by Crippen LogP contribution is 2.25. The maximum atomic E-state index is 13.4. The molecule has 0 amide bonds. The van der Waals surface area contributed by atoms with Crippen molar-refractivity contribution >= 4 is 43.6 Å². The number of nitrogens with zero attached hydrogens (tertiary/aromatic N) is 4. The average Bonchev–Trinajstić information content (AvgIpc) is 3.11. The Kier molecular flexibility index (Phi) is 7.59. The largest absolute Gasteiger partial charge is 0.365 e. The molecule has 1 saturated heterocycles. The molecule has 2 aromatic rings. The second-order valence-corrected chi connectivity index (χ2v) is 9.55. The lowest BCUT2D eigenvalue weighted by molar-refractivity contribution is 0.145. The normalized spacial score (nSPS) is 15.9. The van der Waals surface area contributed by atoms with Gasteiger partial charge in [0.25, 0.3) is 0 Å². The van der Waals surface area contributed by atoms with Crippen molar-refractivity contribution in [3.8, 4) is 0 Å². The van der Waals surface area contributed by atoms with E-state index in [1.54, 1.807) is 13.8 Å². The van der Waals surface area contributed by atoms with Gasteiger partial charge in [0.05, 0.1) is 16.3 Å². The molecule has 1 aromatic heterocycles. The van der Waals surface area contributed by atoms with E-state index < -0.39 is 22.2 Å². The first-order chi connectivity index (χ1) is 14.7. The molecule has 1 fully saturated rings. The molecule has 0 unspecified atom stereocenters. The van der Waals surface area contributed by atoms with Crippen molar-refractivity contribution < 1.29 is 26.8 Å². The van der Waals surface area contributed by atoms with Crippen LogP contribution in [0.1, 0.15) is 26.0 Å². The Hall–Kier alpha value is -2.13. The van der Waals surface area contributed by atoms with E-state index in [2.05, 4.69) is 36.6 Å². The van der Waals surface area contributed by atoms with Crippen LogP contribution in [0.15, 0.2) is 32.3 Å². The predicted molar refractivity (Wildman–Crippen MR) is 113 cm³/mol. The van der Waals surface area contributed by atoms with E-state index >= 15 is 0 Å². The molecule has 3 rings (SSSR count). The summed E-state index contributed by atoms with van der Waals surface area (Å²) in [6.45, 7) is 4.55. The van der Waals surface area contributed by atoms with Crippen LogP contribution >= 0.6 is 15.9 Å². The first kappa shape index (κ1) is 23.5. The molecule has 0 saturated carbocycles. The highest BCUT2D eigenvalue weighted by Gasteiger charge is 2.36. The fourth-order valence-corrected chi connectivity index (χ4v) is 4.62. The van der Waals surface area contributed by atoms with Gasteiger partial charge in [-0.15, -0.1) is 0 Å². The number of anilines is 1. The number of amidine groups is 1. The summed E-state index contributed by atoms with van der Waals surface area (Å²) >= 11 is 3.07. The van der Waals surface area contributed by atoms with Gasteiger partial charge in [0, 0.05) is 19.6 Å². The summed E-state index contributed by atoms with van der Waals surface area (Å²) < 4.78 is 48.5. The molecular formula is C17H22BrFN6O5S. The van der Waals surface area contributed by atoms with Gasteiger partial charge in [-0.2, -0.15) is 12.7 Å². The van der Waals surface area contributed by atoms with Gasteiger partial charge in [-0.1, -0.05) is 0 Å². The third-order valence-electron chi connectivity index (χ3n) is 4.36. The van der Waals surface area contributed by atoms with Crippen molar-refractivity contribution in [1.29, 1.82) is 0 Å². The maximum Gasteiger partial charge on any atom is 0.338 e. The minimum atomic E-state index is -3.68. The molecule has 0 aliphatic carbocycles. The van der Waals surface area contributed by atoms with E-state index in [4.69, 9.17) is 8.81 Å². The summed E-state index contributed by atoms with van der Waals surface area (Å²) in [7, 11) is -3.68. The smallest absolute Gasteiger partial charge is 0.338 e. The van der Waals surface area contributed by atoms with E-state index in [1.165, 1.54) is 22.5 Å². The van der Waals surface area contributed by atoms with Crippen molar-refractivity contribution in [3.05, 3.63) is 34.2 Å². The van der Waals surface area contributed by atoms with Gasteiger partial charge in [-0.05, 0) is 70.6 Å². The van der Waals surface area contributed by atoms with Gasteiger partial charge in [0.2, 0.25) is 5.82 Å². The third kappa shape index (κ3) is 5.98. The zero-order valence-electron chi connectivity index (χ0n) is 16.7. The Balaban J connectivity index is 1.56. The molecule has 3 N–H and O–H groups in total. The van der Waals surface area contributed by atoms with Crippen LogP contribution in [-0.4, -0.2) is 59.8 Å². The Morgan fingerprint density at radius 2 is 2.19 bits per heavy atom. The van der Waals surface area contributed by atoms with Crippen LogP contribution in [0.25, 0.3) is 0 Å². The SMILES string of the molecule is CC(C)OS(=O)(=O)N1CC(CCNc2nonc2C(=Nc2ccc(F)c(Br)c2)NO)C1. The average molecular weight is 521 g/mol. The van der Waals surface area contributed by atoms with Crippen molar-refractivity contribution in [2.75, 3.05) is 25.0 Å². The number of rotatable bonds is 9. The molecule has 1 aromatic carbocycles. The van der Waals surface area contributed by atoms with Gasteiger partial charge in [-0.25, -0.2) is 14.0 Å². The van der Waals surface area contributed by atoms with Crippen LogP contribution in [-0.2, 0) is 14.5 Å². The van der Waals surface area contributed by atoms with Crippen LogP contribution in [0.5, 0.6) is 0 Å². The van der Waals surface area contributed by atoms with Gasteiger partial charge in [0.1, 0.15) is 5.82 Å². The summed E-state index contributed by atoms with van der Waals surface area (Å²) in [5.41, 5.74) is 2.43. The molecule has 11 nitrogen and oxygen atoms in total. The standard InChI is InChI=1S/C17H22BrFN6O5S/c1-10(2)29-31(27,28)25-8-11(9-25)5-6-20-16-15(23-30-24-16)17(22-26)21-12-3-4-14(19)13(18)7-12/h3-4,7,10-11,26H,5-6,8-9H2,1-2H3,(H,20,24)(H,21,22). The molecule has 2 heterocycles. The molecule has 0 spiro atoms. The van der Waals surface area contributed by atoms with E-state index in [-0.39, 0.29) is 27.7 Å². The van der Waals surface area contributed by atoms with Crippen molar-refractivity contribution in [3.63, 3.8) is 0 Å².